The number of hydrogen-bond donors (Lipinski definition) is 4. The highest BCUT2D eigenvalue weighted by Gasteiger charge is 2.18. The zero-order chi connectivity index (χ0) is 30.4. The molecule has 0 fully saturated rings. The Kier molecular flexibility index (Phi) is 25.3. The van der Waals surface area contributed by atoms with Crippen LogP contribution < -0.4 is 17.2 Å². The Labute approximate surface area is 233 Å². The molecule has 0 aliphatic rings. The van der Waals surface area contributed by atoms with Gasteiger partial charge in [0.15, 0.2) is 0 Å². The summed E-state index contributed by atoms with van der Waals surface area (Å²) in [5.41, 5.74) is 19.0. The predicted molar refractivity (Wildman–Crippen MR) is 154 cm³/mol. The summed E-state index contributed by atoms with van der Waals surface area (Å²) in [6, 6.07) is -1.92. The fraction of sp³-hybridized carbons (Fsp3) is 0.704. The highest BCUT2D eigenvalue weighted by molar-refractivity contribution is 7.99. The number of ether oxygens (including phenoxy) is 2. The monoisotopic (exact) mass is 561 g/mol. The fourth-order valence-electron chi connectivity index (χ4n) is 2.28. The molecule has 4 atom stereocenters. The third kappa shape index (κ3) is 24.1. The zero-order valence-electron chi connectivity index (χ0n) is 24.6. The second-order valence-corrected chi connectivity index (χ2v) is 10.5. The van der Waals surface area contributed by atoms with Crippen LogP contribution >= 0.6 is 11.8 Å². The Morgan fingerprint density at radius 1 is 0.921 bits per heavy atom. The van der Waals surface area contributed by atoms with Crippen LogP contribution in [-0.4, -0.2) is 65.7 Å². The van der Waals surface area contributed by atoms with Crippen molar-refractivity contribution in [3.05, 3.63) is 23.3 Å². The number of nitrogens with two attached hydrogens (primary N) is 3. The van der Waals surface area contributed by atoms with Crippen LogP contribution in [0.1, 0.15) is 74.7 Å². The molecule has 0 heterocycles. The lowest BCUT2D eigenvalue weighted by molar-refractivity contribution is -0.158. The molecule has 0 saturated carbocycles. The third-order valence-corrected chi connectivity index (χ3v) is 6.22. The molecular formula is C27H51N3O7S. The molecule has 0 radical (unpaired) electrons. The quantitative estimate of drug-likeness (QED) is 0.112. The number of thioether (sulfide) groups is 1. The van der Waals surface area contributed by atoms with Crippen LogP contribution in [0.5, 0.6) is 0 Å². The number of carboxylic acids is 1. The maximum atomic E-state index is 11.3. The van der Waals surface area contributed by atoms with Gasteiger partial charge in [0.25, 0.3) is 0 Å². The summed E-state index contributed by atoms with van der Waals surface area (Å²) in [6.07, 6.45) is 7.28. The normalized spacial score (nSPS) is 13.9. The lowest BCUT2D eigenvalue weighted by Gasteiger charge is -2.11. The molecule has 0 aromatic rings. The van der Waals surface area contributed by atoms with E-state index in [1.165, 1.54) is 25.2 Å². The van der Waals surface area contributed by atoms with Crippen molar-refractivity contribution in [3.63, 3.8) is 0 Å². The second-order valence-electron chi connectivity index (χ2n) is 9.47. The Bertz CT molecular complexity index is 766. The number of carbonyl (C=O) groups is 4. The van der Waals surface area contributed by atoms with E-state index in [-0.39, 0.29) is 17.8 Å². The van der Waals surface area contributed by atoms with Crippen molar-refractivity contribution in [3.8, 4) is 0 Å². The van der Waals surface area contributed by atoms with Gasteiger partial charge >= 0.3 is 23.9 Å². The van der Waals surface area contributed by atoms with E-state index >= 15 is 0 Å². The largest absolute Gasteiger partial charge is 0.480 e. The summed E-state index contributed by atoms with van der Waals surface area (Å²) < 4.78 is 8.84. The van der Waals surface area contributed by atoms with Gasteiger partial charge in [0, 0.05) is 18.4 Å². The summed E-state index contributed by atoms with van der Waals surface area (Å²) in [6.45, 7) is 15.0. The van der Waals surface area contributed by atoms with Gasteiger partial charge in [-0.05, 0) is 45.4 Å². The molecule has 0 aliphatic carbocycles. The van der Waals surface area contributed by atoms with Gasteiger partial charge in [-0.2, -0.15) is 11.8 Å². The molecule has 0 unspecified atom stereocenters. The van der Waals surface area contributed by atoms with Crippen molar-refractivity contribution >= 4 is 35.6 Å². The van der Waals surface area contributed by atoms with Crippen LogP contribution in [0.25, 0.3) is 0 Å². The second kappa shape index (κ2) is 23.9. The van der Waals surface area contributed by atoms with Gasteiger partial charge in [0.1, 0.15) is 18.1 Å². The molecule has 38 heavy (non-hydrogen) atoms. The smallest absolute Gasteiger partial charge is 0.331 e. The number of methoxy groups -OCH3 is 1. The zero-order valence-corrected chi connectivity index (χ0v) is 25.4. The van der Waals surface area contributed by atoms with Crippen molar-refractivity contribution in [1.82, 2.24) is 0 Å². The first-order chi connectivity index (χ1) is 17.5. The number of hydrogen-bond acceptors (Lipinski definition) is 10. The van der Waals surface area contributed by atoms with E-state index in [9.17, 15) is 19.2 Å². The predicted octanol–water partition coefficient (Wildman–Crippen LogP) is 3.42. The lowest BCUT2D eigenvalue weighted by atomic mass is 10.0. The Balaban J connectivity index is -0.000000563. The minimum atomic E-state index is -0.913. The average molecular weight is 562 g/mol. The molecule has 0 aromatic heterocycles. The van der Waals surface area contributed by atoms with Crippen LogP contribution in [0.15, 0.2) is 23.3 Å². The average Bonchev–Trinajstić information content (AvgIpc) is 2.84. The highest BCUT2D eigenvalue weighted by atomic mass is 32.2. The summed E-state index contributed by atoms with van der Waals surface area (Å²) in [4.78, 5) is 42.7. The van der Waals surface area contributed by atoms with Gasteiger partial charge in [0.05, 0.1) is 7.11 Å². The van der Waals surface area contributed by atoms with E-state index in [0.717, 1.165) is 25.0 Å². The highest BCUT2D eigenvalue weighted by Crippen LogP contribution is 2.10. The van der Waals surface area contributed by atoms with Crippen LogP contribution in [0, 0.1) is 11.8 Å². The molecule has 7 N–H and O–H groups in total. The minimum absolute atomic E-state index is 0.0718. The van der Waals surface area contributed by atoms with Crippen molar-refractivity contribution in [2.75, 3.05) is 18.6 Å². The Hall–Kier alpha value is -2.21. The summed E-state index contributed by atoms with van der Waals surface area (Å²) in [5.74, 6) is -1.06. The van der Waals surface area contributed by atoms with Crippen LogP contribution in [0.3, 0.4) is 0 Å². The fourth-order valence-corrected chi connectivity index (χ4v) is 3.21. The van der Waals surface area contributed by atoms with Gasteiger partial charge < -0.3 is 31.8 Å². The number of esters is 3. The van der Waals surface area contributed by atoms with Crippen molar-refractivity contribution < 1.29 is 33.8 Å². The van der Waals surface area contributed by atoms with Gasteiger partial charge in [-0.25, -0.2) is 4.79 Å². The van der Waals surface area contributed by atoms with E-state index < -0.39 is 36.0 Å². The van der Waals surface area contributed by atoms with E-state index in [1.54, 1.807) is 11.8 Å². The molecule has 0 spiro atoms. The standard InChI is InChI=1S/C15H25NO3S.2C6H13NO2/c1-11(2)6-5-7-12(3)8-9-20-10-14(16)15(18)19-13(4)17;1-4(2)5(7)6(8)9-3;1-3-4(2)5(7)6(8)9/h6,8,14H,5,7,9-10,16H2,1-4H3;4-5H,7H2,1-3H3;4-5H,3,7H2,1-2H3,(H,8,9)/b12-8+;;/t14-;5-;4-,5-/m000/s1. The molecule has 222 valence electrons. The number of carbonyl (C=O) groups excluding carboxylic acids is 3. The Morgan fingerprint density at radius 2 is 1.47 bits per heavy atom. The van der Waals surface area contributed by atoms with Crippen molar-refractivity contribution in [2.45, 2.75) is 92.8 Å². The van der Waals surface area contributed by atoms with Crippen LogP contribution in [0.2, 0.25) is 0 Å². The van der Waals surface area contributed by atoms with Gasteiger partial charge in [0.2, 0.25) is 0 Å². The van der Waals surface area contributed by atoms with Gasteiger partial charge in [-0.1, -0.05) is 57.4 Å². The summed E-state index contributed by atoms with van der Waals surface area (Å²) in [7, 11) is 1.34. The first-order valence-electron chi connectivity index (χ1n) is 12.7. The maximum Gasteiger partial charge on any atom is 0.331 e. The number of aliphatic carboxylic acids is 1. The molecule has 0 saturated heterocycles. The number of rotatable bonds is 13. The molecule has 0 rings (SSSR count). The van der Waals surface area contributed by atoms with Crippen molar-refractivity contribution in [1.29, 1.82) is 0 Å². The SMILES string of the molecule is CC(=O)OC(=O)[C@@H](N)CSC/C=C(\C)CCC=C(C)C.CC[C@H](C)[C@H](N)C(=O)O.COC(=O)[C@@H](N)C(C)C. The van der Waals surface area contributed by atoms with Crippen LogP contribution in [-0.2, 0) is 28.7 Å². The summed E-state index contributed by atoms with van der Waals surface area (Å²) in [5, 5.41) is 8.36. The number of carboxylic acid groups (broad SMARTS) is 1. The molecule has 10 nitrogen and oxygen atoms in total. The van der Waals surface area contributed by atoms with Gasteiger partial charge in [-0.3, -0.25) is 14.4 Å². The molecule has 0 aromatic carbocycles. The number of allylic oxidation sites excluding steroid dienone is 3. The Morgan fingerprint density at radius 3 is 1.82 bits per heavy atom. The maximum absolute atomic E-state index is 11.3. The first kappa shape index (κ1) is 40.3. The molecule has 0 aliphatic heterocycles. The van der Waals surface area contributed by atoms with Gasteiger partial charge in [-0.15, -0.1) is 0 Å². The minimum Gasteiger partial charge on any atom is -0.480 e. The third-order valence-electron chi connectivity index (χ3n) is 5.22. The van der Waals surface area contributed by atoms with E-state index in [0.29, 0.717) is 5.75 Å². The van der Waals surface area contributed by atoms with Crippen molar-refractivity contribution in [2.24, 2.45) is 29.0 Å². The molecular weight excluding hydrogens is 510 g/mol. The van der Waals surface area contributed by atoms with Crippen LogP contribution in [0.4, 0.5) is 0 Å². The first-order valence-corrected chi connectivity index (χ1v) is 13.8. The molecule has 11 heteroatoms. The topological polar surface area (TPSA) is 185 Å². The molecule has 0 bridgehead atoms. The van der Waals surface area contributed by atoms with E-state index in [2.05, 4.69) is 42.4 Å². The summed E-state index contributed by atoms with van der Waals surface area (Å²) >= 11 is 1.56. The molecule has 0 amide bonds. The van der Waals surface area contributed by atoms with E-state index in [4.69, 9.17) is 22.3 Å². The van der Waals surface area contributed by atoms with E-state index in [1.807, 2.05) is 27.7 Å². The lowest BCUT2D eigenvalue weighted by Crippen LogP contribution is -2.36.